The maximum atomic E-state index is 10.0. The Hall–Kier alpha value is -2.12. The van der Waals surface area contributed by atoms with E-state index in [1.807, 2.05) is 5.10 Å². The van der Waals surface area contributed by atoms with Crippen LogP contribution in [0.25, 0.3) is 0 Å². The molecule has 1 heterocycles. The first kappa shape index (κ1) is 7.98. The zero-order chi connectivity index (χ0) is 9.14. The second-order valence-corrected chi connectivity index (χ2v) is 1.72. The number of nitro groups is 1. The van der Waals surface area contributed by atoms with Gasteiger partial charge in [-0.3, -0.25) is 0 Å². The highest BCUT2D eigenvalue weighted by Gasteiger charge is 2.12. The summed E-state index contributed by atoms with van der Waals surface area (Å²) >= 11 is 0. The molecule has 0 saturated carbocycles. The molecule has 0 fully saturated rings. The summed E-state index contributed by atoms with van der Waals surface area (Å²) in [5.74, 6) is -0.777. The number of hydrogen-bond donors (Lipinski definition) is 2. The fourth-order valence-electron chi connectivity index (χ4n) is 0.529. The van der Waals surface area contributed by atoms with Crippen molar-refractivity contribution in [3.8, 4) is 5.88 Å². The van der Waals surface area contributed by atoms with Gasteiger partial charge in [0.05, 0.1) is 0 Å². The molecule has 8 heteroatoms. The lowest BCUT2D eigenvalue weighted by Gasteiger charge is -1.87. The maximum absolute atomic E-state index is 10.0. The third kappa shape index (κ3) is 1.68. The van der Waals surface area contributed by atoms with Crippen molar-refractivity contribution in [1.82, 2.24) is 10.2 Å². The third-order valence-corrected chi connectivity index (χ3v) is 0.929. The molecular weight excluding hydrogens is 170 g/mol. The summed E-state index contributed by atoms with van der Waals surface area (Å²) in [6.45, 7) is 0. The molecule has 1 aromatic heterocycles. The number of carboxylic acid groups (broad SMARTS) is 1. The minimum Gasteiger partial charge on any atom is -0.449 e. The first-order chi connectivity index (χ1) is 5.59. The highest BCUT2D eigenvalue weighted by atomic mass is 16.7. The Kier molecular flexibility index (Phi) is 1.90. The summed E-state index contributed by atoms with van der Waals surface area (Å²) in [6, 6.07) is 0.869. The van der Waals surface area contributed by atoms with Crippen molar-refractivity contribution in [2.75, 3.05) is 0 Å². The lowest BCUT2D eigenvalue weighted by molar-refractivity contribution is -0.389. The summed E-state index contributed by atoms with van der Waals surface area (Å²) in [5, 5.41) is 23.3. The van der Waals surface area contributed by atoms with Gasteiger partial charge in [-0.05, 0) is 10.0 Å². The van der Waals surface area contributed by atoms with Crippen molar-refractivity contribution >= 4 is 12.0 Å². The predicted octanol–water partition coefficient (Wildman–Crippen LogP) is 0.375. The average molecular weight is 173 g/mol. The van der Waals surface area contributed by atoms with E-state index >= 15 is 0 Å². The summed E-state index contributed by atoms with van der Waals surface area (Å²) in [6.07, 6.45) is -1.57. The summed E-state index contributed by atoms with van der Waals surface area (Å²) < 4.78 is 4.01. The Morgan fingerprint density at radius 2 is 2.50 bits per heavy atom. The number of rotatable bonds is 2. The highest BCUT2D eigenvalue weighted by molar-refractivity contribution is 5.60. The van der Waals surface area contributed by atoms with Gasteiger partial charge < -0.3 is 20.0 Å². The summed E-state index contributed by atoms with van der Waals surface area (Å²) in [7, 11) is 0. The van der Waals surface area contributed by atoms with E-state index in [1.165, 1.54) is 0 Å². The monoisotopic (exact) mass is 173 g/mol. The quantitative estimate of drug-likeness (QED) is 0.379. The number of H-pyrrole nitrogens is 1. The van der Waals surface area contributed by atoms with Gasteiger partial charge in [0.15, 0.2) is 0 Å². The van der Waals surface area contributed by atoms with Crippen molar-refractivity contribution in [1.29, 1.82) is 0 Å². The predicted molar refractivity (Wildman–Crippen MR) is 33.9 cm³/mol. The highest BCUT2D eigenvalue weighted by Crippen LogP contribution is 2.13. The molecular formula is C4H3N3O5. The van der Waals surface area contributed by atoms with Crippen LogP contribution in [0.3, 0.4) is 0 Å². The van der Waals surface area contributed by atoms with Crippen LogP contribution in [0.2, 0.25) is 0 Å². The van der Waals surface area contributed by atoms with Crippen molar-refractivity contribution in [2.45, 2.75) is 0 Å². The lowest BCUT2D eigenvalue weighted by atomic mass is 10.6. The number of aromatic nitrogens is 2. The van der Waals surface area contributed by atoms with Crippen LogP contribution in [0.15, 0.2) is 6.07 Å². The third-order valence-electron chi connectivity index (χ3n) is 0.929. The molecule has 0 spiro atoms. The molecule has 0 unspecified atom stereocenters. The van der Waals surface area contributed by atoms with Crippen molar-refractivity contribution < 1.29 is 19.6 Å². The first-order valence-corrected chi connectivity index (χ1v) is 2.70. The van der Waals surface area contributed by atoms with E-state index in [0.717, 1.165) is 6.07 Å². The van der Waals surface area contributed by atoms with E-state index in [1.54, 1.807) is 0 Å². The second kappa shape index (κ2) is 2.86. The smallest absolute Gasteiger partial charge is 0.449 e. The van der Waals surface area contributed by atoms with Gasteiger partial charge in [-0.15, -0.1) is 5.10 Å². The van der Waals surface area contributed by atoms with Gasteiger partial charge in [0.2, 0.25) is 0 Å². The van der Waals surface area contributed by atoms with Gasteiger partial charge in [0.25, 0.3) is 5.88 Å². The van der Waals surface area contributed by atoms with E-state index in [2.05, 4.69) is 9.84 Å². The molecule has 0 aromatic carbocycles. The Bertz CT molecular complexity index is 318. The average Bonchev–Trinajstić information content (AvgIpc) is 2.34. The van der Waals surface area contributed by atoms with Crippen LogP contribution >= 0.6 is 0 Å². The molecule has 0 amide bonds. The molecule has 0 radical (unpaired) electrons. The SMILES string of the molecule is O=C(O)Oc1cc([N+](=O)[O-])[nH]n1. The Labute approximate surface area is 64.9 Å². The van der Waals surface area contributed by atoms with Gasteiger partial charge in [-0.2, -0.15) is 0 Å². The Morgan fingerprint density at radius 3 is 2.92 bits per heavy atom. The molecule has 64 valence electrons. The first-order valence-electron chi connectivity index (χ1n) is 2.70. The van der Waals surface area contributed by atoms with Crippen molar-refractivity contribution in [2.24, 2.45) is 0 Å². The zero-order valence-electron chi connectivity index (χ0n) is 5.55. The standard InChI is InChI=1S/C4H3N3O5/c8-4(9)12-3-1-2(5-6-3)7(10)11/h1H,(H,5,6)(H,8,9). The molecule has 0 saturated heterocycles. The second-order valence-electron chi connectivity index (χ2n) is 1.72. The molecule has 0 bridgehead atoms. The maximum Gasteiger partial charge on any atom is 0.512 e. The Morgan fingerprint density at radius 1 is 1.83 bits per heavy atom. The summed E-state index contributed by atoms with van der Waals surface area (Å²) in [5.41, 5.74) is 0. The minimum absolute atomic E-state index is 0.353. The van der Waals surface area contributed by atoms with Gasteiger partial charge in [-0.25, -0.2) is 4.79 Å². The molecule has 0 atom stereocenters. The van der Waals surface area contributed by atoms with Crippen LogP contribution in [0, 0.1) is 10.1 Å². The van der Waals surface area contributed by atoms with E-state index < -0.39 is 16.9 Å². The van der Waals surface area contributed by atoms with Gasteiger partial charge in [-0.1, -0.05) is 0 Å². The van der Waals surface area contributed by atoms with Gasteiger partial charge in [0, 0.05) is 0 Å². The van der Waals surface area contributed by atoms with Crippen LogP contribution < -0.4 is 4.74 Å². The molecule has 2 N–H and O–H groups in total. The van der Waals surface area contributed by atoms with Crippen molar-refractivity contribution in [3.05, 3.63) is 16.2 Å². The number of carbonyl (C=O) groups is 1. The summed E-state index contributed by atoms with van der Waals surface area (Å²) in [4.78, 5) is 19.2. The zero-order valence-corrected chi connectivity index (χ0v) is 5.55. The molecule has 8 nitrogen and oxygen atoms in total. The largest absolute Gasteiger partial charge is 0.512 e. The van der Waals surface area contributed by atoms with Gasteiger partial charge >= 0.3 is 12.0 Å². The van der Waals surface area contributed by atoms with E-state index in [0.29, 0.717) is 0 Å². The van der Waals surface area contributed by atoms with Crippen molar-refractivity contribution in [3.63, 3.8) is 0 Å². The number of nitrogens with zero attached hydrogens (tertiary/aromatic N) is 2. The molecule has 1 aromatic rings. The molecule has 0 aliphatic carbocycles. The molecule has 0 aliphatic heterocycles. The van der Waals surface area contributed by atoms with E-state index in [-0.39, 0.29) is 5.88 Å². The van der Waals surface area contributed by atoms with Gasteiger partial charge in [0.1, 0.15) is 6.07 Å². The van der Waals surface area contributed by atoms with Crippen LogP contribution in [-0.2, 0) is 0 Å². The number of ether oxygens (including phenoxy) is 1. The normalized spacial score (nSPS) is 9.33. The minimum atomic E-state index is -1.57. The fraction of sp³-hybridized carbons (Fsp3) is 0. The topological polar surface area (TPSA) is 118 Å². The fourth-order valence-corrected chi connectivity index (χ4v) is 0.529. The van der Waals surface area contributed by atoms with Crippen LogP contribution in [0.4, 0.5) is 10.6 Å². The number of nitrogens with one attached hydrogen (secondary N) is 1. The molecule has 0 aliphatic rings. The lowest BCUT2D eigenvalue weighted by Crippen LogP contribution is -2.02. The molecule has 1 rings (SSSR count). The van der Waals surface area contributed by atoms with Crippen LogP contribution in [-0.4, -0.2) is 26.4 Å². The van der Waals surface area contributed by atoms with Crippen LogP contribution in [0.1, 0.15) is 0 Å². The number of aromatic amines is 1. The molecule has 12 heavy (non-hydrogen) atoms. The Balaban J connectivity index is 2.77. The number of hydrogen-bond acceptors (Lipinski definition) is 5. The van der Waals surface area contributed by atoms with Crippen LogP contribution in [0.5, 0.6) is 5.88 Å². The van der Waals surface area contributed by atoms with E-state index in [9.17, 15) is 14.9 Å². The van der Waals surface area contributed by atoms with E-state index in [4.69, 9.17) is 5.11 Å².